The second-order valence-corrected chi connectivity index (χ2v) is 4.01. The van der Waals surface area contributed by atoms with E-state index in [4.69, 9.17) is 16.7 Å². The third-order valence-corrected chi connectivity index (χ3v) is 2.72. The first kappa shape index (κ1) is 13.0. The highest BCUT2D eigenvalue weighted by Gasteiger charge is 2.18. The Hall–Kier alpha value is -2.48. The molecule has 0 bridgehead atoms. The van der Waals surface area contributed by atoms with Gasteiger partial charge in [-0.1, -0.05) is 22.9 Å². The van der Waals surface area contributed by atoms with Crippen LogP contribution in [0.1, 0.15) is 16.1 Å². The molecule has 0 aliphatic rings. The fraction of sp³-hybridized carbons (Fsp3) is 0.100. The van der Waals surface area contributed by atoms with E-state index in [1.165, 1.54) is 29.1 Å². The Labute approximate surface area is 111 Å². The minimum Gasteiger partial charge on any atom is -0.476 e. The van der Waals surface area contributed by atoms with Gasteiger partial charge in [-0.3, -0.25) is 10.1 Å². The molecule has 0 unspecified atom stereocenters. The molecule has 0 amide bonds. The Bertz CT molecular complexity index is 655. The van der Waals surface area contributed by atoms with E-state index in [-0.39, 0.29) is 28.5 Å². The van der Waals surface area contributed by atoms with Crippen molar-refractivity contribution in [3.63, 3.8) is 0 Å². The first-order valence-electron chi connectivity index (χ1n) is 5.04. The van der Waals surface area contributed by atoms with Crippen molar-refractivity contribution in [1.29, 1.82) is 0 Å². The summed E-state index contributed by atoms with van der Waals surface area (Å²) in [4.78, 5) is 21.0. The van der Waals surface area contributed by atoms with Crippen molar-refractivity contribution in [2.75, 3.05) is 0 Å². The van der Waals surface area contributed by atoms with Gasteiger partial charge in [-0.15, -0.1) is 5.10 Å². The molecule has 8 nitrogen and oxygen atoms in total. The molecular weight excluding hydrogens is 276 g/mol. The number of benzene rings is 1. The number of nitro groups is 1. The fourth-order valence-corrected chi connectivity index (χ4v) is 1.74. The normalized spacial score (nSPS) is 10.4. The summed E-state index contributed by atoms with van der Waals surface area (Å²) in [5.74, 6) is -1.22. The SMILES string of the molecule is O=C(O)c1cn(Cc2c(Cl)cccc2[N+](=O)[O-])nn1. The molecule has 1 heterocycles. The molecule has 2 aromatic rings. The van der Waals surface area contributed by atoms with Crippen LogP contribution in [0.25, 0.3) is 0 Å². The predicted octanol–water partition coefficient (Wildman–Crippen LogP) is 1.59. The van der Waals surface area contributed by atoms with E-state index in [1.807, 2.05) is 0 Å². The summed E-state index contributed by atoms with van der Waals surface area (Å²) in [6, 6.07) is 4.29. The maximum atomic E-state index is 10.9. The van der Waals surface area contributed by atoms with Gasteiger partial charge >= 0.3 is 5.97 Å². The molecule has 9 heteroatoms. The number of carboxylic acid groups (broad SMARTS) is 1. The molecule has 1 N–H and O–H groups in total. The van der Waals surface area contributed by atoms with Crippen LogP contribution in [0, 0.1) is 10.1 Å². The van der Waals surface area contributed by atoms with Crippen molar-refractivity contribution in [1.82, 2.24) is 15.0 Å². The first-order valence-corrected chi connectivity index (χ1v) is 5.42. The number of nitro benzene ring substituents is 1. The van der Waals surface area contributed by atoms with Crippen LogP contribution in [0.2, 0.25) is 5.02 Å². The molecule has 0 aliphatic carbocycles. The lowest BCUT2D eigenvalue weighted by Gasteiger charge is -2.04. The van der Waals surface area contributed by atoms with Gasteiger partial charge in [0.25, 0.3) is 5.69 Å². The first-order chi connectivity index (χ1) is 8.99. The van der Waals surface area contributed by atoms with E-state index >= 15 is 0 Å². The lowest BCUT2D eigenvalue weighted by molar-refractivity contribution is -0.385. The van der Waals surface area contributed by atoms with Gasteiger partial charge in [0.2, 0.25) is 0 Å². The zero-order valence-electron chi connectivity index (χ0n) is 9.36. The number of carbonyl (C=O) groups is 1. The molecule has 19 heavy (non-hydrogen) atoms. The summed E-state index contributed by atoms with van der Waals surface area (Å²) in [6.07, 6.45) is 1.18. The largest absolute Gasteiger partial charge is 0.476 e. The van der Waals surface area contributed by atoms with Crippen molar-refractivity contribution >= 4 is 23.3 Å². The monoisotopic (exact) mass is 282 g/mol. The molecule has 0 spiro atoms. The van der Waals surface area contributed by atoms with Crippen LogP contribution in [0.15, 0.2) is 24.4 Å². The molecule has 98 valence electrons. The van der Waals surface area contributed by atoms with Crippen LogP contribution in [-0.2, 0) is 6.54 Å². The molecule has 0 saturated heterocycles. The van der Waals surface area contributed by atoms with E-state index in [2.05, 4.69) is 10.3 Å². The van der Waals surface area contributed by atoms with E-state index in [9.17, 15) is 14.9 Å². The smallest absolute Gasteiger partial charge is 0.358 e. The summed E-state index contributed by atoms with van der Waals surface area (Å²) in [7, 11) is 0. The number of rotatable bonds is 4. The van der Waals surface area contributed by atoms with Gasteiger partial charge in [-0.05, 0) is 6.07 Å². The average Bonchev–Trinajstić information content (AvgIpc) is 2.80. The Morgan fingerprint density at radius 3 is 2.84 bits per heavy atom. The summed E-state index contributed by atoms with van der Waals surface area (Å²) >= 11 is 5.91. The Kier molecular flexibility index (Phi) is 3.43. The van der Waals surface area contributed by atoms with Crippen LogP contribution in [0.5, 0.6) is 0 Å². The van der Waals surface area contributed by atoms with Crippen LogP contribution in [-0.4, -0.2) is 31.0 Å². The average molecular weight is 283 g/mol. The summed E-state index contributed by atoms with van der Waals surface area (Å²) in [5.41, 5.74) is -0.148. The maximum absolute atomic E-state index is 10.9. The molecule has 0 atom stereocenters. The maximum Gasteiger partial charge on any atom is 0.358 e. The third kappa shape index (κ3) is 2.68. The van der Waals surface area contributed by atoms with E-state index in [1.54, 1.807) is 0 Å². The second kappa shape index (κ2) is 5.02. The number of halogens is 1. The zero-order chi connectivity index (χ0) is 14.0. The van der Waals surface area contributed by atoms with Gasteiger partial charge < -0.3 is 5.11 Å². The second-order valence-electron chi connectivity index (χ2n) is 3.60. The van der Waals surface area contributed by atoms with Crippen LogP contribution in [0.4, 0.5) is 5.69 Å². The molecule has 0 aliphatic heterocycles. The van der Waals surface area contributed by atoms with E-state index < -0.39 is 10.9 Å². The minimum atomic E-state index is -1.22. The summed E-state index contributed by atoms with van der Waals surface area (Å²) < 4.78 is 1.18. The Morgan fingerprint density at radius 1 is 1.53 bits per heavy atom. The van der Waals surface area contributed by atoms with E-state index in [0.29, 0.717) is 0 Å². The van der Waals surface area contributed by atoms with Gasteiger partial charge in [-0.25, -0.2) is 9.48 Å². The highest BCUT2D eigenvalue weighted by molar-refractivity contribution is 6.31. The van der Waals surface area contributed by atoms with Crippen molar-refractivity contribution < 1.29 is 14.8 Å². The molecule has 1 aromatic heterocycles. The standard InChI is InChI=1S/C10H7ClN4O4/c11-7-2-1-3-9(15(18)19)6(7)4-14-5-8(10(16)17)12-13-14/h1-3,5H,4H2,(H,16,17). The van der Waals surface area contributed by atoms with Gasteiger partial charge in [0.1, 0.15) is 0 Å². The van der Waals surface area contributed by atoms with Gasteiger partial charge in [0, 0.05) is 6.07 Å². The number of hydrogen-bond donors (Lipinski definition) is 1. The van der Waals surface area contributed by atoms with Crippen molar-refractivity contribution in [3.8, 4) is 0 Å². The molecular formula is C10H7ClN4O4. The summed E-state index contributed by atoms with van der Waals surface area (Å²) in [6.45, 7) is -0.0315. The third-order valence-electron chi connectivity index (χ3n) is 2.37. The molecule has 0 fully saturated rings. The molecule has 0 radical (unpaired) electrons. The number of carboxylic acids is 1. The summed E-state index contributed by atoms with van der Waals surface area (Å²) in [5, 5.41) is 26.8. The molecule has 0 saturated carbocycles. The van der Waals surface area contributed by atoms with Crippen LogP contribution >= 0.6 is 11.6 Å². The highest BCUT2D eigenvalue weighted by Crippen LogP contribution is 2.26. The topological polar surface area (TPSA) is 111 Å². The van der Waals surface area contributed by atoms with Crippen LogP contribution < -0.4 is 0 Å². The lowest BCUT2D eigenvalue weighted by atomic mass is 10.2. The van der Waals surface area contributed by atoms with Gasteiger partial charge in [-0.2, -0.15) is 0 Å². The van der Waals surface area contributed by atoms with Gasteiger partial charge in [0.05, 0.1) is 28.3 Å². The van der Waals surface area contributed by atoms with Gasteiger partial charge in [0.15, 0.2) is 5.69 Å². The fourth-order valence-electron chi connectivity index (χ4n) is 1.51. The Balaban J connectivity index is 2.37. The van der Waals surface area contributed by atoms with Crippen molar-refractivity contribution in [2.24, 2.45) is 0 Å². The number of aromatic nitrogens is 3. The van der Waals surface area contributed by atoms with Crippen molar-refractivity contribution in [2.45, 2.75) is 6.54 Å². The van der Waals surface area contributed by atoms with E-state index in [0.717, 1.165) is 0 Å². The Morgan fingerprint density at radius 2 is 2.26 bits per heavy atom. The van der Waals surface area contributed by atoms with Crippen molar-refractivity contribution in [3.05, 3.63) is 50.8 Å². The molecule has 1 aromatic carbocycles. The molecule has 2 rings (SSSR count). The minimum absolute atomic E-state index is 0.0315. The van der Waals surface area contributed by atoms with Crippen LogP contribution in [0.3, 0.4) is 0 Å². The zero-order valence-corrected chi connectivity index (χ0v) is 10.1. The highest BCUT2D eigenvalue weighted by atomic mass is 35.5. The number of nitrogens with zero attached hydrogens (tertiary/aromatic N) is 4. The number of hydrogen-bond acceptors (Lipinski definition) is 5. The predicted molar refractivity (Wildman–Crippen MR) is 64.2 cm³/mol. The lowest BCUT2D eigenvalue weighted by Crippen LogP contribution is -2.04. The quantitative estimate of drug-likeness (QED) is 0.673. The number of aromatic carboxylic acids is 1.